The molecular weight excluding hydrogens is 432 g/mol. The van der Waals surface area contributed by atoms with Gasteiger partial charge in [-0.3, -0.25) is 14.5 Å². The number of fused-ring (bicyclic) bond motifs is 1. The van der Waals surface area contributed by atoms with Crippen LogP contribution in [0.2, 0.25) is 0 Å². The van der Waals surface area contributed by atoms with Crippen molar-refractivity contribution >= 4 is 33.6 Å². The van der Waals surface area contributed by atoms with Gasteiger partial charge in [0.25, 0.3) is 0 Å². The van der Waals surface area contributed by atoms with E-state index in [-0.39, 0.29) is 23.9 Å². The largest absolute Gasteiger partial charge is 0.355 e. The molecule has 0 radical (unpaired) electrons. The number of amides is 2. The number of piperidine rings is 1. The summed E-state index contributed by atoms with van der Waals surface area (Å²) in [4.78, 5) is 37.4. The summed E-state index contributed by atoms with van der Waals surface area (Å²) in [6.45, 7) is 1.45. The van der Waals surface area contributed by atoms with Crippen molar-refractivity contribution < 1.29 is 18.0 Å². The first-order valence-electron chi connectivity index (χ1n) is 11.5. The van der Waals surface area contributed by atoms with E-state index in [1.165, 1.54) is 10.6 Å². The fourth-order valence-corrected chi connectivity index (χ4v) is 6.46. The van der Waals surface area contributed by atoms with Crippen molar-refractivity contribution in [2.24, 2.45) is 5.41 Å². The number of sulfonamides is 1. The molecule has 1 aliphatic carbocycles. The van der Waals surface area contributed by atoms with Gasteiger partial charge in [-0.15, -0.1) is 0 Å². The highest BCUT2D eigenvalue weighted by Crippen LogP contribution is 2.44. The number of hydrogen-bond acceptors (Lipinski definition) is 7. The fourth-order valence-electron chi connectivity index (χ4n) is 5.59. The van der Waals surface area contributed by atoms with Gasteiger partial charge in [-0.05, 0) is 32.1 Å². The molecule has 4 aliphatic rings. The second-order valence-electron chi connectivity index (χ2n) is 9.50. The molecule has 2 amide bonds. The van der Waals surface area contributed by atoms with Crippen LogP contribution in [-0.2, 0) is 26.0 Å². The molecule has 1 atom stereocenters. The average molecular weight is 463 g/mol. The third-order valence-electron chi connectivity index (χ3n) is 7.41. The van der Waals surface area contributed by atoms with Crippen LogP contribution >= 0.6 is 0 Å². The molecular formula is C21H30N6O4S. The van der Waals surface area contributed by atoms with Gasteiger partial charge < -0.3 is 10.6 Å². The smallest absolute Gasteiger partial charge is 0.244 e. The van der Waals surface area contributed by atoms with Crippen molar-refractivity contribution in [1.29, 1.82) is 0 Å². The highest BCUT2D eigenvalue weighted by molar-refractivity contribution is 7.88. The van der Waals surface area contributed by atoms with E-state index in [9.17, 15) is 18.0 Å². The topological polar surface area (TPSA) is 125 Å². The molecule has 5 rings (SSSR count). The maximum Gasteiger partial charge on any atom is 0.244 e. The molecule has 1 spiro atoms. The number of anilines is 2. The quantitative estimate of drug-likeness (QED) is 0.630. The van der Waals surface area contributed by atoms with E-state index in [0.717, 1.165) is 31.2 Å². The number of nitrogens with zero attached hydrogens (tertiary/aromatic N) is 4. The minimum Gasteiger partial charge on any atom is -0.355 e. The predicted octanol–water partition coefficient (Wildman–Crippen LogP) is 0.651. The van der Waals surface area contributed by atoms with E-state index >= 15 is 0 Å². The highest BCUT2D eigenvalue weighted by Gasteiger charge is 2.56. The summed E-state index contributed by atoms with van der Waals surface area (Å²) in [7, 11) is -3.18. The summed E-state index contributed by atoms with van der Waals surface area (Å²) in [6.07, 6.45) is 9.13. The van der Waals surface area contributed by atoms with E-state index in [1.54, 1.807) is 11.1 Å². The van der Waals surface area contributed by atoms with E-state index in [0.29, 0.717) is 57.1 Å². The Hall–Kier alpha value is -2.27. The lowest BCUT2D eigenvalue weighted by atomic mass is 9.76. The Morgan fingerprint density at radius 2 is 1.88 bits per heavy atom. The summed E-state index contributed by atoms with van der Waals surface area (Å²) in [6, 6.07) is 0.129. The molecule has 3 aliphatic heterocycles. The summed E-state index contributed by atoms with van der Waals surface area (Å²) >= 11 is 0. The van der Waals surface area contributed by atoms with Gasteiger partial charge >= 0.3 is 0 Å². The van der Waals surface area contributed by atoms with Gasteiger partial charge in [0, 0.05) is 49.9 Å². The molecule has 1 aromatic rings. The van der Waals surface area contributed by atoms with Crippen LogP contribution in [0.4, 0.5) is 11.8 Å². The van der Waals surface area contributed by atoms with Crippen LogP contribution < -0.4 is 15.5 Å². The Balaban J connectivity index is 1.40. The summed E-state index contributed by atoms with van der Waals surface area (Å²) in [5, 5.41) is 6.18. The van der Waals surface area contributed by atoms with Gasteiger partial charge in [0.2, 0.25) is 27.8 Å². The summed E-state index contributed by atoms with van der Waals surface area (Å²) in [5.74, 6) is 0.761. The minimum atomic E-state index is -3.18. The standard InChI is InChI=1S/C21H30N6O4S/c1-32(30,31)26-10-6-15(7-11-26)24-20-23-13-14-12-21(8-9-22-18(21)28)19(29)27(17(14)25-20)16-4-2-3-5-16/h13,15-16H,2-12H2,1H3,(H,22,28)(H,23,24,25)/t21-/m1/s1. The van der Waals surface area contributed by atoms with Crippen LogP contribution in [0.25, 0.3) is 0 Å². The maximum absolute atomic E-state index is 13.7. The Bertz CT molecular complexity index is 1030. The van der Waals surface area contributed by atoms with Crippen molar-refractivity contribution in [3.63, 3.8) is 0 Å². The second kappa shape index (κ2) is 7.95. The second-order valence-corrected chi connectivity index (χ2v) is 11.5. The van der Waals surface area contributed by atoms with Crippen LogP contribution in [0.1, 0.15) is 50.5 Å². The van der Waals surface area contributed by atoms with E-state index in [2.05, 4.69) is 15.6 Å². The zero-order chi connectivity index (χ0) is 22.5. The predicted molar refractivity (Wildman–Crippen MR) is 119 cm³/mol. The molecule has 10 nitrogen and oxygen atoms in total. The Kier molecular flexibility index (Phi) is 5.36. The number of carbonyl (C=O) groups is 2. The average Bonchev–Trinajstić information content (AvgIpc) is 3.40. The van der Waals surface area contributed by atoms with E-state index in [1.807, 2.05) is 0 Å². The summed E-state index contributed by atoms with van der Waals surface area (Å²) < 4.78 is 25.0. The zero-order valence-corrected chi connectivity index (χ0v) is 19.2. The lowest BCUT2D eigenvalue weighted by Crippen LogP contribution is -2.56. The van der Waals surface area contributed by atoms with Crippen LogP contribution in [0.5, 0.6) is 0 Å². The molecule has 174 valence electrons. The van der Waals surface area contributed by atoms with Crippen LogP contribution in [0, 0.1) is 5.41 Å². The van der Waals surface area contributed by atoms with Crippen molar-refractivity contribution in [2.45, 2.75) is 63.5 Å². The molecule has 32 heavy (non-hydrogen) atoms. The molecule has 0 aromatic carbocycles. The molecule has 0 unspecified atom stereocenters. The minimum absolute atomic E-state index is 0.0626. The third-order valence-corrected chi connectivity index (χ3v) is 8.71. The number of aromatic nitrogens is 2. The first-order valence-corrected chi connectivity index (χ1v) is 13.3. The monoisotopic (exact) mass is 462 g/mol. The van der Waals surface area contributed by atoms with Gasteiger partial charge in [0.15, 0.2) is 0 Å². The maximum atomic E-state index is 13.7. The van der Waals surface area contributed by atoms with Crippen molar-refractivity contribution in [1.82, 2.24) is 19.6 Å². The molecule has 1 saturated carbocycles. The lowest BCUT2D eigenvalue weighted by molar-refractivity contribution is -0.140. The Morgan fingerprint density at radius 3 is 2.50 bits per heavy atom. The van der Waals surface area contributed by atoms with Crippen molar-refractivity contribution in [3.05, 3.63) is 11.8 Å². The highest BCUT2D eigenvalue weighted by atomic mass is 32.2. The molecule has 0 bridgehead atoms. The van der Waals surface area contributed by atoms with Gasteiger partial charge in [-0.2, -0.15) is 4.98 Å². The third kappa shape index (κ3) is 3.64. The van der Waals surface area contributed by atoms with Crippen LogP contribution in [0.15, 0.2) is 6.20 Å². The molecule has 2 N–H and O–H groups in total. The number of rotatable bonds is 4. The van der Waals surface area contributed by atoms with Crippen LogP contribution in [-0.4, -0.2) is 72.5 Å². The Morgan fingerprint density at radius 1 is 1.16 bits per heavy atom. The van der Waals surface area contributed by atoms with Crippen LogP contribution in [0.3, 0.4) is 0 Å². The molecule has 4 heterocycles. The Labute approximate surface area is 188 Å². The van der Waals surface area contributed by atoms with Gasteiger partial charge in [0.05, 0.1) is 6.26 Å². The molecule has 11 heteroatoms. The van der Waals surface area contributed by atoms with Gasteiger partial charge in [0.1, 0.15) is 11.2 Å². The molecule has 1 aromatic heterocycles. The van der Waals surface area contributed by atoms with Gasteiger partial charge in [-0.25, -0.2) is 17.7 Å². The van der Waals surface area contributed by atoms with Crippen molar-refractivity contribution in [3.8, 4) is 0 Å². The van der Waals surface area contributed by atoms with E-state index in [4.69, 9.17) is 4.98 Å². The normalized spacial score (nSPS) is 27.7. The SMILES string of the molecule is CS(=O)(=O)N1CCC(Nc2ncc3c(n2)N(C2CCCC2)C(=O)[C@]2(CCNC2=O)C3)CC1. The lowest BCUT2D eigenvalue weighted by Gasteiger charge is -2.41. The number of nitrogens with one attached hydrogen (secondary N) is 2. The summed E-state index contributed by atoms with van der Waals surface area (Å²) in [5.41, 5.74) is -0.196. The van der Waals surface area contributed by atoms with Gasteiger partial charge in [-0.1, -0.05) is 12.8 Å². The number of carbonyl (C=O) groups excluding carboxylic acids is 2. The molecule has 3 fully saturated rings. The fraction of sp³-hybridized carbons (Fsp3) is 0.714. The molecule has 2 saturated heterocycles. The van der Waals surface area contributed by atoms with Crippen molar-refractivity contribution in [2.75, 3.05) is 36.1 Å². The van der Waals surface area contributed by atoms with E-state index < -0.39 is 15.4 Å². The number of hydrogen-bond donors (Lipinski definition) is 2. The first kappa shape index (κ1) is 21.6. The zero-order valence-electron chi connectivity index (χ0n) is 18.3. The first-order chi connectivity index (χ1) is 15.3.